The molecule has 2 aromatic carbocycles. The molecule has 0 aliphatic carbocycles. The van der Waals surface area contributed by atoms with Crippen molar-refractivity contribution in [1.82, 2.24) is 25.1 Å². The molecule has 0 spiro atoms. The number of fused-ring (bicyclic) bond motifs is 1. The first-order chi connectivity index (χ1) is 18.3. The van der Waals surface area contributed by atoms with Gasteiger partial charge in [0.1, 0.15) is 0 Å². The Bertz CT molecular complexity index is 1480. The second-order valence-electron chi connectivity index (χ2n) is 9.69. The Morgan fingerprint density at radius 3 is 2.47 bits per heavy atom. The number of rotatable bonds is 5. The predicted molar refractivity (Wildman–Crippen MR) is 138 cm³/mol. The van der Waals surface area contributed by atoms with Crippen molar-refractivity contribution >= 4 is 34.1 Å². The third-order valence-corrected chi connectivity index (χ3v) is 7.94. The minimum absolute atomic E-state index is 0.0316. The maximum absolute atomic E-state index is 13.1. The number of nitrogens with zero attached hydrogens (tertiary/aromatic N) is 3. The molecule has 7 nitrogen and oxygen atoms in total. The number of nitrogens with one attached hydrogen (secondary N) is 2. The first kappa shape index (κ1) is 24.6. The van der Waals surface area contributed by atoms with Gasteiger partial charge in [0.25, 0.3) is 11.8 Å². The van der Waals surface area contributed by atoms with Crippen molar-refractivity contribution in [2.24, 2.45) is 0 Å². The summed E-state index contributed by atoms with van der Waals surface area (Å²) in [4.78, 5) is 36.4. The number of H-pyrrole nitrogens is 1. The summed E-state index contributed by atoms with van der Waals surface area (Å²) < 4.78 is 38.7. The van der Waals surface area contributed by atoms with Crippen LogP contribution in [0.3, 0.4) is 0 Å². The number of alkyl halides is 3. The van der Waals surface area contributed by atoms with Crippen LogP contribution < -0.4 is 5.32 Å². The summed E-state index contributed by atoms with van der Waals surface area (Å²) >= 11 is 1.35. The van der Waals surface area contributed by atoms with Gasteiger partial charge in [-0.1, -0.05) is 18.2 Å². The number of benzene rings is 2. The highest BCUT2D eigenvalue weighted by Crippen LogP contribution is 2.34. The summed E-state index contributed by atoms with van der Waals surface area (Å²) in [6.45, 7) is 2.51. The molecule has 2 amide bonds. The van der Waals surface area contributed by atoms with Gasteiger partial charge >= 0.3 is 6.18 Å². The molecule has 0 radical (unpaired) electrons. The number of hydrogen-bond donors (Lipinski definition) is 2. The summed E-state index contributed by atoms with van der Waals surface area (Å²) in [5.74, 6) is -0.0986. The minimum Gasteiger partial charge on any atom is -0.361 e. The van der Waals surface area contributed by atoms with Crippen LogP contribution in [0.4, 0.5) is 13.2 Å². The SMILES string of the molecule is O=C(c1ccc2c(-c3ccc(C(F)(F)F)cc3)c[nH]c2c1)N1CC(NC2CCN(C(=O)c3nccs3)C2)C1. The lowest BCUT2D eigenvalue weighted by Gasteiger charge is -2.41. The van der Waals surface area contributed by atoms with Crippen LogP contribution in [0.25, 0.3) is 22.0 Å². The lowest BCUT2D eigenvalue weighted by molar-refractivity contribution is -0.137. The lowest BCUT2D eigenvalue weighted by Crippen LogP contribution is -2.62. The molecule has 38 heavy (non-hydrogen) atoms. The highest BCUT2D eigenvalue weighted by Gasteiger charge is 2.35. The van der Waals surface area contributed by atoms with E-state index in [9.17, 15) is 22.8 Å². The number of hydrogen-bond acceptors (Lipinski definition) is 5. The number of aromatic nitrogens is 2. The van der Waals surface area contributed by atoms with Gasteiger partial charge < -0.3 is 20.1 Å². The third-order valence-electron chi connectivity index (χ3n) is 7.18. The van der Waals surface area contributed by atoms with Crippen molar-refractivity contribution in [1.29, 1.82) is 0 Å². The van der Waals surface area contributed by atoms with E-state index in [4.69, 9.17) is 0 Å². The fourth-order valence-electron chi connectivity index (χ4n) is 5.15. The summed E-state index contributed by atoms with van der Waals surface area (Å²) in [7, 11) is 0. The molecule has 0 bridgehead atoms. The molecule has 2 N–H and O–H groups in total. The number of halogens is 3. The van der Waals surface area contributed by atoms with Crippen LogP contribution in [0.2, 0.25) is 0 Å². The van der Waals surface area contributed by atoms with Crippen LogP contribution in [-0.2, 0) is 6.18 Å². The van der Waals surface area contributed by atoms with Crippen molar-refractivity contribution in [2.45, 2.75) is 24.7 Å². The zero-order chi connectivity index (χ0) is 26.4. The Balaban J connectivity index is 1.05. The largest absolute Gasteiger partial charge is 0.416 e. The molecular formula is C27H24F3N5O2S. The van der Waals surface area contributed by atoms with Crippen LogP contribution >= 0.6 is 11.3 Å². The van der Waals surface area contributed by atoms with E-state index in [1.807, 2.05) is 11.0 Å². The molecule has 1 atom stereocenters. The molecule has 196 valence electrons. The van der Waals surface area contributed by atoms with Crippen LogP contribution in [0.5, 0.6) is 0 Å². The van der Waals surface area contributed by atoms with Crippen molar-refractivity contribution in [3.8, 4) is 11.1 Å². The van der Waals surface area contributed by atoms with Crippen LogP contribution in [0, 0.1) is 0 Å². The second-order valence-corrected chi connectivity index (χ2v) is 10.6. The summed E-state index contributed by atoms with van der Waals surface area (Å²) in [6, 6.07) is 10.8. The predicted octanol–water partition coefficient (Wildman–Crippen LogP) is 4.64. The van der Waals surface area contributed by atoms with Gasteiger partial charge in [0, 0.05) is 78.1 Å². The molecule has 2 fully saturated rings. The zero-order valence-corrected chi connectivity index (χ0v) is 21.0. The van der Waals surface area contributed by atoms with Gasteiger partial charge in [-0.25, -0.2) is 4.98 Å². The molecular weight excluding hydrogens is 515 g/mol. The van der Waals surface area contributed by atoms with E-state index in [0.717, 1.165) is 35.0 Å². The standard InChI is InChI=1S/C27H24F3N5O2S/c28-27(29,30)18-4-1-16(2-5-18)22-12-32-23-11-17(3-6-21(22)23)25(36)35-14-20(15-35)33-19-7-9-34(13-19)26(37)24-31-8-10-38-24/h1-6,8,10-12,19-20,32-33H,7,9,13-15H2. The molecule has 0 saturated carbocycles. The molecule has 11 heteroatoms. The van der Waals surface area contributed by atoms with E-state index in [2.05, 4.69) is 15.3 Å². The maximum atomic E-state index is 13.1. The number of carbonyl (C=O) groups excluding carboxylic acids is 2. The van der Waals surface area contributed by atoms with Gasteiger partial charge in [-0.2, -0.15) is 13.2 Å². The van der Waals surface area contributed by atoms with E-state index in [1.54, 1.807) is 34.8 Å². The molecule has 2 aliphatic heterocycles. The average Bonchev–Trinajstić information content (AvgIpc) is 3.65. The fraction of sp³-hybridized carbons (Fsp3) is 0.296. The first-order valence-corrected chi connectivity index (χ1v) is 13.2. The van der Waals surface area contributed by atoms with Gasteiger partial charge in [0.15, 0.2) is 5.01 Å². The van der Waals surface area contributed by atoms with Crippen molar-refractivity contribution in [3.63, 3.8) is 0 Å². The molecule has 4 aromatic rings. The fourth-order valence-corrected chi connectivity index (χ4v) is 5.75. The van der Waals surface area contributed by atoms with E-state index in [-0.39, 0.29) is 23.9 Å². The highest BCUT2D eigenvalue weighted by molar-refractivity contribution is 7.11. The number of aromatic amines is 1. The molecule has 1 unspecified atom stereocenters. The Hall–Kier alpha value is -3.70. The van der Waals surface area contributed by atoms with Gasteiger partial charge in [-0.15, -0.1) is 11.3 Å². The summed E-state index contributed by atoms with van der Waals surface area (Å²) in [5, 5.41) is 6.71. The van der Waals surface area contributed by atoms with Gasteiger partial charge in [-0.05, 0) is 36.2 Å². The van der Waals surface area contributed by atoms with E-state index in [1.165, 1.54) is 23.5 Å². The van der Waals surface area contributed by atoms with Gasteiger partial charge in [0.05, 0.1) is 5.56 Å². The van der Waals surface area contributed by atoms with Crippen LogP contribution in [0.1, 0.15) is 32.1 Å². The van der Waals surface area contributed by atoms with Crippen molar-refractivity contribution in [3.05, 3.63) is 76.4 Å². The molecule has 6 rings (SSSR count). The number of likely N-dealkylation sites (tertiary alicyclic amines) is 2. The lowest BCUT2D eigenvalue weighted by atomic mass is 10.0. The number of thiazole rings is 1. The van der Waals surface area contributed by atoms with Crippen LogP contribution in [0.15, 0.2) is 60.2 Å². The van der Waals surface area contributed by atoms with E-state index < -0.39 is 11.7 Å². The number of amides is 2. The monoisotopic (exact) mass is 539 g/mol. The Kier molecular flexibility index (Phi) is 6.19. The maximum Gasteiger partial charge on any atom is 0.416 e. The summed E-state index contributed by atoms with van der Waals surface area (Å²) in [5.41, 5.74) is 2.05. The zero-order valence-electron chi connectivity index (χ0n) is 20.2. The summed E-state index contributed by atoms with van der Waals surface area (Å²) in [6.07, 6.45) is -0.130. The van der Waals surface area contributed by atoms with E-state index >= 15 is 0 Å². The number of carbonyl (C=O) groups is 2. The van der Waals surface area contributed by atoms with Crippen molar-refractivity contribution in [2.75, 3.05) is 26.2 Å². The Labute approximate surface area is 220 Å². The Morgan fingerprint density at radius 2 is 1.76 bits per heavy atom. The molecule has 4 heterocycles. The van der Waals surface area contributed by atoms with E-state index in [0.29, 0.717) is 42.3 Å². The first-order valence-electron chi connectivity index (χ1n) is 12.3. The topological polar surface area (TPSA) is 81.3 Å². The van der Waals surface area contributed by atoms with Crippen molar-refractivity contribution < 1.29 is 22.8 Å². The highest BCUT2D eigenvalue weighted by atomic mass is 32.1. The normalized spacial score (nSPS) is 18.2. The third kappa shape index (κ3) is 4.67. The average molecular weight is 540 g/mol. The molecule has 2 saturated heterocycles. The smallest absolute Gasteiger partial charge is 0.361 e. The molecule has 2 aliphatic rings. The van der Waals surface area contributed by atoms with Crippen LogP contribution in [-0.4, -0.2) is 69.8 Å². The van der Waals surface area contributed by atoms with Gasteiger partial charge in [-0.3, -0.25) is 9.59 Å². The molecule has 2 aromatic heterocycles. The second kappa shape index (κ2) is 9.55. The Morgan fingerprint density at radius 1 is 1.00 bits per heavy atom. The van der Waals surface area contributed by atoms with Gasteiger partial charge in [0.2, 0.25) is 0 Å². The quantitative estimate of drug-likeness (QED) is 0.387. The minimum atomic E-state index is -4.38.